The van der Waals surface area contributed by atoms with E-state index in [0.29, 0.717) is 12.4 Å². The fourth-order valence-electron chi connectivity index (χ4n) is 2.13. The minimum Gasteiger partial charge on any atom is -0.453 e. The van der Waals surface area contributed by atoms with Gasteiger partial charge in [0, 0.05) is 16.9 Å². The molecular weight excluding hydrogens is 248 g/mol. The van der Waals surface area contributed by atoms with Crippen molar-refractivity contribution in [3.63, 3.8) is 0 Å². The molecule has 1 saturated heterocycles. The summed E-state index contributed by atoms with van der Waals surface area (Å²) in [5.74, 6) is 2.04. The van der Waals surface area contributed by atoms with Gasteiger partial charge in [-0.1, -0.05) is 18.2 Å². The summed E-state index contributed by atoms with van der Waals surface area (Å²) >= 11 is 1.75. The lowest BCUT2D eigenvalue weighted by Gasteiger charge is -2.19. The molecule has 0 radical (unpaired) electrons. The van der Waals surface area contributed by atoms with Gasteiger partial charge in [0.25, 0.3) is 0 Å². The zero-order valence-corrected chi connectivity index (χ0v) is 11.0. The molecule has 1 aliphatic rings. The smallest absolute Gasteiger partial charge is 0.227 e. The maximum Gasteiger partial charge on any atom is 0.227 e. The minimum atomic E-state index is -0.357. The zero-order chi connectivity index (χ0) is 12.5. The Hall–Kier alpha value is -1.26. The van der Waals surface area contributed by atoms with E-state index in [1.54, 1.807) is 11.8 Å². The third-order valence-electron chi connectivity index (χ3n) is 3.09. The first kappa shape index (κ1) is 11.8. The molecular formula is C14H14O3S. The zero-order valence-electron chi connectivity index (χ0n) is 10.1. The topological polar surface area (TPSA) is 39.4 Å². The van der Waals surface area contributed by atoms with Crippen LogP contribution in [0.2, 0.25) is 0 Å². The van der Waals surface area contributed by atoms with Crippen molar-refractivity contribution in [1.29, 1.82) is 0 Å². The lowest BCUT2D eigenvalue weighted by Crippen LogP contribution is -2.31. The number of fused-ring (bicyclic) bond motifs is 1. The van der Waals surface area contributed by atoms with Crippen molar-refractivity contribution in [1.82, 2.24) is 0 Å². The summed E-state index contributed by atoms with van der Waals surface area (Å²) in [5.41, 5.74) is 1.84. The van der Waals surface area contributed by atoms with Gasteiger partial charge in [-0.3, -0.25) is 4.79 Å². The quantitative estimate of drug-likeness (QED) is 0.780. The Morgan fingerprint density at radius 3 is 3.06 bits per heavy atom. The number of thioether (sulfide) groups is 1. The highest BCUT2D eigenvalue weighted by Crippen LogP contribution is 2.25. The van der Waals surface area contributed by atoms with E-state index in [1.165, 1.54) is 0 Å². The van der Waals surface area contributed by atoms with Crippen molar-refractivity contribution in [3.8, 4) is 0 Å². The van der Waals surface area contributed by atoms with Crippen LogP contribution in [0.25, 0.3) is 11.0 Å². The Kier molecular flexibility index (Phi) is 3.14. The minimum absolute atomic E-state index is 0.0437. The van der Waals surface area contributed by atoms with Crippen LogP contribution >= 0.6 is 11.8 Å². The van der Waals surface area contributed by atoms with Gasteiger partial charge < -0.3 is 9.15 Å². The molecule has 0 saturated carbocycles. The molecule has 3 nitrogen and oxygen atoms in total. The Morgan fingerprint density at radius 1 is 1.44 bits per heavy atom. The highest BCUT2D eigenvalue weighted by atomic mass is 32.2. The summed E-state index contributed by atoms with van der Waals surface area (Å²) in [6.45, 7) is 2.62. The summed E-state index contributed by atoms with van der Waals surface area (Å²) < 4.78 is 11.2. The predicted octanol–water partition coefficient (Wildman–Crippen LogP) is 3.06. The van der Waals surface area contributed by atoms with E-state index < -0.39 is 0 Å². The van der Waals surface area contributed by atoms with Crippen molar-refractivity contribution < 1.29 is 13.9 Å². The van der Waals surface area contributed by atoms with E-state index in [2.05, 4.69) is 0 Å². The van der Waals surface area contributed by atoms with E-state index in [1.807, 2.05) is 31.2 Å². The second-order valence-electron chi connectivity index (χ2n) is 4.40. The molecule has 1 atom stereocenters. The highest BCUT2D eigenvalue weighted by Gasteiger charge is 2.26. The maximum atomic E-state index is 12.2. The van der Waals surface area contributed by atoms with Crippen LogP contribution < -0.4 is 0 Å². The second-order valence-corrected chi connectivity index (χ2v) is 5.55. The number of benzene rings is 1. The average Bonchev–Trinajstić information content (AvgIpc) is 2.84. The number of hydrogen-bond donors (Lipinski definition) is 0. The number of aryl methyl sites for hydroxylation is 1. The lowest BCUT2D eigenvalue weighted by atomic mass is 10.1. The summed E-state index contributed by atoms with van der Waals surface area (Å²) in [6.07, 6.45) is -0.357. The molecule has 1 aromatic heterocycles. The molecule has 1 fully saturated rings. The monoisotopic (exact) mass is 262 g/mol. The van der Waals surface area contributed by atoms with Crippen LogP contribution in [0, 0.1) is 6.92 Å². The van der Waals surface area contributed by atoms with Crippen LogP contribution in [0.5, 0.6) is 0 Å². The fourth-order valence-corrected chi connectivity index (χ4v) is 2.97. The highest BCUT2D eigenvalue weighted by molar-refractivity contribution is 7.99. The van der Waals surface area contributed by atoms with Gasteiger partial charge in [-0.25, -0.2) is 0 Å². The van der Waals surface area contributed by atoms with Gasteiger partial charge in [0.05, 0.1) is 6.61 Å². The molecule has 2 heterocycles. The predicted molar refractivity (Wildman–Crippen MR) is 72.3 cm³/mol. The summed E-state index contributed by atoms with van der Waals surface area (Å²) in [7, 11) is 0. The molecule has 1 aliphatic heterocycles. The van der Waals surface area contributed by atoms with Gasteiger partial charge in [-0.05, 0) is 18.6 Å². The van der Waals surface area contributed by atoms with Crippen molar-refractivity contribution in [2.24, 2.45) is 0 Å². The van der Waals surface area contributed by atoms with Gasteiger partial charge in [-0.15, -0.1) is 0 Å². The number of ether oxygens (including phenoxy) is 1. The number of Topliss-reactive ketones (excluding diaryl/α,β-unsaturated/α-hetero) is 1. The van der Waals surface area contributed by atoms with Crippen LogP contribution in [0.15, 0.2) is 28.7 Å². The molecule has 0 amide bonds. The molecule has 0 bridgehead atoms. The van der Waals surface area contributed by atoms with E-state index >= 15 is 0 Å². The number of furan rings is 1. The Bertz CT molecular complexity index is 582. The molecule has 0 N–H and O–H groups in total. The Morgan fingerprint density at radius 2 is 2.33 bits per heavy atom. The fraction of sp³-hybridized carbons (Fsp3) is 0.357. The summed E-state index contributed by atoms with van der Waals surface area (Å²) in [4.78, 5) is 12.2. The van der Waals surface area contributed by atoms with Crippen molar-refractivity contribution in [2.45, 2.75) is 13.0 Å². The first-order valence-electron chi connectivity index (χ1n) is 5.98. The third kappa shape index (κ3) is 2.06. The van der Waals surface area contributed by atoms with Crippen LogP contribution in [-0.2, 0) is 4.74 Å². The normalized spacial score (nSPS) is 20.2. The Balaban J connectivity index is 1.94. The molecule has 1 unspecified atom stereocenters. The molecule has 94 valence electrons. The number of rotatable bonds is 2. The summed E-state index contributed by atoms with van der Waals surface area (Å²) in [5, 5.41) is 0.974. The first-order valence-corrected chi connectivity index (χ1v) is 7.14. The van der Waals surface area contributed by atoms with E-state index in [9.17, 15) is 4.79 Å². The van der Waals surface area contributed by atoms with Crippen LogP contribution in [0.3, 0.4) is 0 Å². The molecule has 18 heavy (non-hydrogen) atoms. The lowest BCUT2D eigenvalue weighted by molar-refractivity contribution is 0.0495. The largest absolute Gasteiger partial charge is 0.453 e. The van der Waals surface area contributed by atoms with Crippen LogP contribution in [-0.4, -0.2) is 30.0 Å². The SMILES string of the molecule is Cc1cccc2cc(C(=O)C3CSCCO3)oc12. The molecule has 3 rings (SSSR count). The molecule has 2 aromatic rings. The van der Waals surface area contributed by atoms with Gasteiger partial charge in [0.15, 0.2) is 5.76 Å². The Labute approximate surface area is 109 Å². The van der Waals surface area contributed by atoms with Gasteiger partial charge in [0.2, 0.25) is 5.78 Å². The molecule has 4 heteroatoms. The summed E-state index contributed by atoms with van der Waals surface area (Å²) in [6, 6.07) is 7.72. The maximum absolute atomic E-state index is 12.2. The van der Waals surface area contributed by atoms with Crippen molar-refractivity contribution in [2.75, 3.05) is 18.1 Å². The van der Waals surface area contributed by atoms with Crippen LogP contribution in [0.1, 0.15) is 16.1 Å². The van der Waals surface area contributed by atoms with E-state index in [-0.39, 0.29) is 11.9 Å². The van der Waals surface area contributed by atoms with Crippen molar-refractivity contribution >= 4 is 28.5 Å². The average molecular weight is 262 g/mol. The second kappa shape index (κ2) is 4.78. The van der Waals surface area contributed by atoms with Gasteiger partial charge in [0.1, 0.15) is 11.7 Å². The first-order chi connectivity index (χ1) is 8.75. The van der Waals surface area contributed by atoms with Crippen molar-refractivity contribution in [3.05, 3.63) is 35.6 Å². The van der Waals surface area contributed by atoms with Gasteiger partial charge in [-0.2, -0.15) is 11.8 Å². The number of ketones is 1. The standard InChI is InChI=1S/C14H14O3S/c1-9-3-2-4-10-7-11(17-14(9)10)13(15)12-8-18-6-5-16-12/h2-4,7,12H,5-6,8H2,1H3. The molecule has 0 spiro atoms. The van der Waals surface area contributed by atoms with Gasteiger partial charge >= 0.3 is 0 Å². The van der Waals surface area contributed by atoms with E-state index in [4.69, 9.17) is 9.15 Å². The van der Waals surface area contributed by atoms with Crippen LogP contribution in [0.4, 0.5) is 0 Å². The number of carbonyl (C=O) groups excluding carboxylic acids is 1. The van der Waals surface area contributed by atoms with E-state index in [0.717, 1.165) is 28.0 Å². The number of para-hydroxylation sites is 1. The molecule has 0 aliphatic carbocycles. The number of carbonyl (C=O) groups is 1. The molecule has 1 aromatic carbocycles. The number of hydrogen-bond acceptors (Lipinski definition) is 4. The third-order valence-corrected chi connectivity index (χ3v) is 4.09.